The smallest absolute Gasteiger partial charge is 0.321 e. The molecule has 0 atom stereocenters. The van der Waals surface area contributed by atoms with Crippen molar-refractivity contribution in [2.75, 3.05) is 6.54 Å². The number of hydrogen-bond donors (Lipinski definition) is 4. The molecular formula is C12H21N3O5. The van der Waals surface area contributed by atoms with Crippen LogP contribution in [-0.4, -0.2) is 35.5 Å². The number of urea groups is 1. The molecule has 0 fully saturated rings. The van der Waals surface area contributed by atoms with Gasteiger partial charge < -0.3 is 16.2 Å². The van der Waals surface area contributed by atoms with Gasteiger partial charge in [0.05, 0.1) is 0 Å². The van der Waals surface area contributed by atoms with Crippen LogP contribution in [0.25, 0.3) is 0 Å². The lowest BCUT2D eigenvalue weighted by molar-refractivity contribution is -0.137. The van der Waals surface area contributed by atoms with Crippen LogP contribution in [-0.2, 0) is 14.4 Å². The number of rotatable bonds is 10. The number of primary amides is 1. The highest BCUT2D eigenvalue weighted by Gasteiger charge is 2.07. The van der Waals surface area contributed by atoms with Crippen LogP contribution in [0.5, 0.6) is 0 Å². The molecule has 0 heterocycles. The number of unbranched alkanes of at least 4 members (excludes halogenated alkanes) is 2. The lowest BCUT2D eigenvalue weighted by Crippen LogP contribution is -2.39. The molecule has 0 aliphatic carbocycles. The molecule has 0 aromatic heterocycles. The van der Waals surface area contributed by atoms with Crippen molar-refractivity contribution in [3.8, 4) is 0 Å². The topological polar surface area (TPSA) is 139 Å². The first kappa shape index (κ1) is 17.9. The molecule has 0 spiro atoms. The molecule has 0 aliphatic heterocycles. The van der Waals surface area contributed by atoms with E-state index in [2.05, 4.69) is 10.6 Å². The van der Waals surface area contributed by atoms with Crippen molar-refractivity contribution in [2.24, 2.45) is 5.73 Å². The van der Waals surface area contributed by atoms with E-state index in [4.69, 9.17) is 10.8 Å². The van der Waals surface area contributed by atoms with E-state index in [-0.39, 0.29) is 25.2 Å². The van der Waals surface area contributed by atoms with Crippen molar-refractivity contribution in [2.45, 2.75) is 44.9 Å². The van der Waals surface area contributed by atoms with Gasteiger partial charge in [0, 0.05) is 25.8 Å². The molecule has 114 valence electrons. The zero-order valence-electron chi connectivity index (χ0n) is 11.3. The molecule has 5 N–H and O–H groups in total. The van der Waals surface area contributed by atoms with E-state index >= 15 is 0 Å². The summed E-state index contributed by atoms with van der Waals surface area (Å²) < 4.78 is 0. The molecule has 0 bridgehead atoms. The number of carboxylic acid groups (broad SMARTS) is 1. The van der Waals surface area contributed by atoms with E-state index in [1.807, 2.05) is 0 Å². The summed E-state index contributed by atoms with van der Waals surface area (Å²) in [5.41, 5.74) is 4.96. The summed E-state index contributed by atoms with van der Waals surface area (Å²) in [5.74, 6) is -1.73. The van der Waals surface area contributed by atoms with Crippen LogP contribution in [0.2, 0.25) is 0 Å². The number of carbonyl (C=O) groups excluding carboxylic acids is 3. The fourth-order valence-electron chi connectivity index (χ4n) is 1.42. The summed E-state index contributed by atoms with van der Waals surface area (Å²) in [6.45, 7) is 0.353. The van der Waals surface area contributed by atoms with Gasteiger partial charge in [-0.1, -0.05) is 0 Å². The molecule has 0 saturated carbocycles. The van der Waals surface area contributed by atoms with Gasteiger partial charge >= 0.3 is 12.0 Å². The number of carbonyl (C=O) groups is 4. The average molecular weight is 287 g/mol. The molecule has 0 rings (SSSR count). The van der Waals surface area contributed by atoms with Gasteiger partial charge in [0.2, 0.25) is 11.8 Å². The first-order valence-corrected chi connectivity index (χ1v) is 6.49. The summed E-state index contributed by atoms with van der Waals surface area (Å²) in [5, 5.41) is 13.0. The Bertz CT molecular complexity index is 357. The number of amides is 4. The second kappa shape index (κ2) is 10.8. The summed E-state index contributed by atoms with van der Waals surface area (Å²) >= 11 is 0. The van der Waals surface area contributed by atoms with Crippen molar-refractivity contribution < 1.29 is 24.3 Å². The van der Waals surface area contributed by atoms with Crippen molar-refractivity contribution in [1.82, 2.24) is 10.6 Å². The molecule has 0 aliphatic rings. The highest BCUT2D eigenvalue weighted by Crippen LogP contribution is 1.99. The SMILES string of the molecule is NC(=O)CCCCNC(=O)NC(=O)CCCCC(=O)O. The maximum Gasteiger partial charge on any atom is 0.321 e. The Morgan fingerprint density at radius 3 is 2.10 bits per heavy atom. The van der Waals surface area contributed by atoms with E-state index < -0.39 is 17.9 Å². The molecule has 0 aromatic carbocycles. The van der Waals surface area contributed by atoms with Gasteiger partial charge in [-0.2, -0.15) is 0 Å². The molecular weight excluding hydrogens is 266 g/mol. The van der Waals surface area contributed by atoms with Crippen LogP contribution in [0.1, 0.15) is 44.9 Å². The standard InChI is InChI=1S/C12H21N3O5/c13-9(16)5-3-4-8-14-12(20)15-10(17)6-1-2-7-11(18)19/h1-8H2,(H2,13,16)(H,18,19)(H2,14,15,17,20). The summed E-state index contributed by atoms with van der Waals surface area (Å²) in [6.07, 6.45) is 2.40. The van der Waals surface area contributed by atoms with Gasteiger partial charge in [-0.15, -0.1) is 0 Å². The van der Waals surface area contributed by atoms with Crippen LogP contribution in [0.3, 0.4) is 0 Å². The predicted octanol–water partition coefficient (Wildman–Crippen LogP) is 0.113. The van der Waals surface area contributed by atoms with E-state index in [1.54, 1.807) is 0 Å². The number of nitrogens with two attached hydrogens (primary N) is 1. The molecule has 0 radical (unpaired) electrons. The molecule has 8 heteroatoms. The Balaban J connectivity index is 3.52. The van der Waals surface area contributed by atoms with Crippen molar-refractivity contribution >= 4 is 23.8 Å². The number of nitrogens with one attached hydrogen (secondary N) is 2. The Kier molecular flexibility index (Phi) is 9.63. The van der Waals surface area contributed by atoms with Crippen molar-refractivity contribution in [3.05, 3.63) is 0 Å². The Morgan fingerprint density at radius 2 is 1.50 bits per heavy atom. The zero-order chi connectivity index (χ0) is 15.4. The molecule has 8 nitrogen and oxygen atoms in total. The number of carboxylic acids is 1. The number of aliphatic carboxylic acids is 1. The normalized spacial score (nSPS) is 9.80. The summed E-state index contributed by atoms with van der Waals surface area (Å²) in [7, 11) is 0. The largest absolute Gasteiger partial charge is 0.481 e. The molecule has 20 heavy (non-hydrogen) atoms. The van der Waals surface area contributed by atoms with Crippen LogP contribution < -0.4 is 16.4 Å². The van der Waals surface area contributed by atoms with Gasteiger partial charge in [-0.3, -0.25) is 19.7 Å². The minimum Gasteiger partial charge on any atom is -0.481 e. The van der Waals surface area contributed by atoms with Crippen LogP contribution in [0.4, 0.5) is 4.79 Å². The quantitative estimate of drug-likeness (QED) is 0.422. The molecule has 0 unspecified atom stereocenters. The highest BCUT2D eigenvalue weighted by molar-refractivity contribution is 5.94. The zero-order valence-corrected chi connectivity index (χ0v) is 11.3. The van der Waals surface area contributed by atoms with Gasteiger partial charge in [-0.25, -0.2) is 4.79 Å². The minimum absolute atomic E-state index is 0.0132. The molecule has 0 saturated heterocycles. The van der Waals surface area contributed by atoms with E-state index in [1.165, 1.54) is 0 Å². The van der Waals surface area contributed by atoms with Crippen molar-refractivity contribution in [1.29, 1.82) is 0 Å². The van der Waals surface area contributed by atoms with Crippen LogP contribution in [0, 0.1) is 0 Å². The van der Waals surface area contributed by atoms with Crippen LogP contribution >= 0.6 is 0 Å². The van der Waals surface area contributed by atoms with Gasteiger partial charge in [0.1, 0.15) is 0 Å². The fourth-order valence-corrected chi connectivity index (χ4v) is 1.42. The van der Waals surface area contributed by atoms with Gasteiger partial charge in [0.25, 0.3) is 0 Å². The molecule has 0 aromatic rings. The third kappa shape index (κ3) is 12.3. The third-order valence-corrected chi connectivity index (χ3v) is 2.43. The Hall–Kier alpha value is -2.12. The Morgan fingerprint density at radius 1 is 0.900 bits per heavy atom. The first-order valence-electron chi connectivity index (χ1n) is 6.49. The second-order valence-corrected chi connectivity index (χ2v) is 4.33. The lowest BCUT2D eigenvalue weighted by atomic mass is 10.2. The average Bonchev–Trinajstić information content (AvgIpc) is 2.33. The second-order valence-electron chi connectivity index (χ2n) is 4.33. The maximum absolute atomic E-state index is 11.3. The number of hydrogen-bond acceptors (Lipinski definition) is 4. The van der Waals surface area contributed by atoms with E-state index in [0.717, 1.165) is 0 Å². The highest BCUT2D eigenvalue weighted by atomic mass is 16.4. The monoisotopic (exact) mass is 287 g/mol. The molecule has 4 amide bonds. The maximum atomic E-state index is 11.3. The fraction of sp³-hybridized carbons (Fsp3) is 0.667. The van der Waals surface area contributed by atoms with E-state index in [9.17, 15) is 19.2 Å². The van der Waals surface area contributed by atoms with Gasteiger partial charge in [-0.05, 0) is 25.7 Å². The van der Waals surface area contributed by atoms with E-state index in [0.29, 0.717) is 32.2 Å². The lowest BCUT2D eigenvalue weighted by Gasteiger charge is -2.06. The third-order valence-electron chi connectivity index (χ3n) is 2.43. The number of imide groups is 1. The van der Waals surface area contributed by atoms with Crippen LogP contribution in [0.15, 0.2) is 0 Å². The summed E-state index contributed by atoms with van der Waals surface area (Å²) in [4.78, 5) is 43.3. The van der Waals surface area contributed by atoms with Gasteiger partial charge in [0.15, 0.2) is 0 Å². The first-order chi connectivity index (χ1) is 9.41. The predicted molar refractivity (Wildman–Crippen MR) is 70.7 cm³/mol. The summed E-state index contributed by atoms with van der Waals surface area (Å²) in [6, 6.07) is -0.590. The van der Waals surface area contributed by atoms with Crippen molar-refractivity contribution in [3.63, 3.8) is 0 Å². The Labute approximate surface area is 117 Å². The minimum atomic E-state index is -0.904.